The zero-order valence-corrected chi connectivity index (χ0v) is 11.6. The van der Waals surface area contributed by atoms with Crippen LogP contribution in [0.25, 0.3) is 22.6 Å². The van der Waals surface area contributed by atoms with Crippen molar-refractivity contribution < 1.29 is 4.42 Å². The minimum Gasteiger partial charge on any atom is -0.436 e. The molecule has 0 amide bonds. The van der Waals surface area contributed by atoms with Crippen molar-refractivity contribution in [3.8, 4) is 11.5 Å². The summed E-state index contributed by atoms with van der Waals surface area (Å²) in [6, 6.07) is 21.7. The molecule has 0 aliphatic carbocycles. The summed E-state index contributed by atoms with van der Waals surface area (Å²) in [6.07, 6.45) is 0. The van der Waals surface area contributed by atoms with Crippen molar-refractivity contribution in [3.63, 3.8) is 0 Å². The van der Waals surface area contributed by atoms with Crippen LogP contribution in [0.4, 0.5) is 0 Å². The van der Waals surface area contributed by atoms with Gasteiger partial charge in [-0.3, -0.25) is 0 Å². The van der Waals surface area contributed by atoms with Crippen LogP contribution in [0.1, 0.15) is 0 Å². The van der Waals surface area contributed by atoms with Crippen LogP contribution in [-0.2, 0) is 0 Å². The van der Waals surface area contributed by atoms with Gasteiger partial charge >= 0.3 is 0 Å². The van der Waals surface area contributed by atoms with Crippen LogP contribution in [-0.4, -0.2) is 4.98 Å². The number of aromatic nitrogens is 1. The minimum absolute atomic E-state index is 0.678. The first-order valence-corrected chi connectivity index (χ1v) is 7.26. The Bertz CT molecular complexity index is 710. The molecular weight excluding hydrogens is 266 g/mol. The maximum Gasteiger partial charge on any atom is 0.227 e. The van der Waals surface area contributed by atoms with E-state index in [9.17, 15) is 0 Å². The second-order valence-corrected chi connectivity index (χ2v) is 4.96. The maximum atomic E-state index is 5.64. The standard InChI is InChI=1S/C13H9NO.C4H4S/c1-2-6-10(7-3-1)13-14-11-8-4-5-9-12(11)15-13;1-2-4-5-3-1/h1-9H;1-4H. The predicted molar refractivity (Wildman–Crippen MR) is 83.8 cm³/mol. The van der Waals surface area contributed by atoms with Crippen molar-refractivity contribution >= 4 is 22.4 Å². The monoisotopic (exact) mass is 279 g/mol. The van der Waals surface area contributed by atoms with E-state index in [0.29, 0.717) is 5.89 Å². The lowest BCUT2D eigenvalue weighted by Crippen LogP contribution is -1.74. The number of thiophene rings is 1. The number of fused-ring (bicyclic) bond motifs is 1. The molecule has 4 rings (SSSR count). The highest BCUT2D eigenvalue weighted by atomic mass is 32.1. The van der Waals surface area contributed by atoms with Crippen molar-refractivity contribution in [2.45, 2.75) is 0 Å². The molecule has 2 aromatic heterocycles. The quantitative estimate of drug-likeness (QED) is 0.476. The largest absolute Gasteiger partial charge is 0.436 e. The maximum absolute atomic E-state index is 5.64. The van der Waals surface area contributed by atoms with Gasteiger partial charge in [0.15, 0.2) is 5.58 Å². The molecule has 2 nitrogen and oxygen atoms in total. The summed E-state index contributed by atoms with van der Waals surface area (Å²) in [7, 11) is 0. The Hall–Kier alpha value is -2.39. The zero-order chi connectivity index (χ0) is 13.6. The van der Waals surface area contributed by atoms with Crippen molar-refractivity contribution in [1.82, 2.24) is 4.98 Å². The lowest BCUT2D eigenvalue weighted by Gasteiger charge is -1.91. The Kier molecular flexibility index (Phi) is 3.90. The molecule has 0 saturated heterocycles. The fraction of sp³-hybridized carbons (Fsp3) is 0. The number of para-hydroxylation sites is 2. The van der Waals surface area contributed by atoms with Crippen LogP contribution >= 0.6 is 11.3 Å². The first kappa shape index (κ1) is 12.6. The number of hydrogen-bond acceptors (Lipinski definition) is 3. The smallest absolute Gasteiger partial charge is 0.227 e. The van der Waals surface area contributed by atoms with Gasteiger partial charge in [-0.25, -0.2) is 4.98 Å². The Labute approximate surface area is 121 Å². The van der Waals surface area contributed by atoms with Crippen LogP contribution in [0.5, 0.6) is 0 Å². The van der Waals surface area contributed by atoms with Gasteiger partial charge in [0.1, 0.15) is 5.52 Å². The van der Waals surface area contributed by atoms with Crippen molar-refractivity contribution in [2.75, 3.05) is 0 Å². The topological polar surface area (TPSA) is 26.0 Å². The molecule has 0 N–H and O–H groups in total. The van der Waals surface area contributed by atoms with Gasteiger partial charge in [-0.15, -0.1) is 0 Å². The molecule has 0 fully saturated rings. The SMILES string of the molecule is c1ccc(-c2nc3ccccc3o2)cc1.c1ccsc1. The molecule has 3 heteroatoms. The molecule has 2 heterocycles. The van der Waals surface area contributed by atoms with Crippen LogP contribution in [0.15, 0.2) is 81.9 Å². The van der Waals surface area contributed by atoms with Gasteiger partial charge in [0, 0.05) is 5.56 Å². The molecule has 0 atom stereocenters. The van der Waals surface area contributed by atoms with Crippen LogP contribution in [0.2, 0.25) is 0 Å². The number of benzene rings is 2. The van der Waals surface area contributed by atoms with Gasteiger partial charge in [-0.1, -0.05) is 42.5 Å². The number of oxazole rings is 1. The summed E-state index contributed by atoms with van der Waals surface area (Å²) >= 11 is 1.71. The summed E-state index contributed by atoms with van der Waals surface area (Å²) in [5.41, 5.74) is 2.74. The highest BCUT2D eigenvalue weighted by Gasteiger charge is 2.05. The molecule has 0 aliphatic rings. The van der Waals surface area contributed by atoms with Gasteiger partial charge in [0.25, 0.3) is 0 Å². The van der Waals surface area contributed by atoms with Crippen LogP contribution in [0.3, 0.4) is 0 Å². The molecule has 20 heavy (non-hydrogen) atoms. The van der Waals surface area contributed by atoms with E-state index in [1.807, 2.05) is 77.5 Å². The summed E-state index contributed by atoms with van der Waals surface area (Å²) in [5, 5.41) is 4.08. The molecule has 0 aliphatic heterocycles. The Morgan fingerprint density at radius 2 is 1.45 bits per heavy atom. The van der Waals surface area contributed by atoms with Crippen molar-refractivity contribution in [2.24, 2.45) is 0 Å². The molecule has 4 aromatic rings. The normalized spacial score (nSPS) is 10.0. The van der Waals surface area contributed by atoms with E-state index < -0.39 is 0 Å². The molecule has 0 bridgehead atoms. The second kappa shape index (κ2) is 6.17. The number of rotatable bonds is 1. The fourth-order valence-electron chi connectivity index (χ4n) is 1.80. The summed E-state index contributed by atoms with van der Waals surface area (Å²) < 4.78 is 5.64. The molecule has 0 radical (unpaired) electrons. The third-order valence-electron chi connectivity index (χ3n) is 2.74. The van der Waals surface area contributed by atoms with E-state index in [2.05, 4.69) is 4.98 Å². The number of hydrogen-bond donors (Lipinski definition) is 0. The highest BCUT2D eigenvalue weighted by Crippen LogP contribution is 2.23. The van der Waals surface area contributed by atoms with Crippen LogP contribution in [0, 0.1) is 0 Å². The van der Waals surface area contributed by atoms with Gasteiger partial charge < -0.3 is 4.42 Å². The predicted octanol–water partition coefficient (Wildman–Crippen LogP) is 5.24. The Morgan fingerprint density at radius 1 is 0.750 bits per heavy atom. The highest BCUT2D eigenvalue weighted by molar-refractivity contribution is 7.07. The molecule has 2 aromatic carbocycles. The summed E-state index contributed by atoms with van der Waals surface area (Å²) in [4.78, 5) is 4.42. The van der Waals surface area contributed by atoms with Gasteiger partial charge in [-0.2, -0.15) is 11.3 Å². The summed E-state index contributed by atoms with van der Waals surface area (Å²) in [5.74, 6) is 0.678. The second-order valence-electron chi connectivity index (χ2n) is 4.15. The third-order valence-corrected chi connectivity index (χ3v) is 3.37. The Balaban J connectivity index is 0.000000205. The number of nitrogens with zero attached hydrogens (tertiary/aromatic N) is 1. The van der Waals surface area contributed by atoms with E-state index in [1.165, 1.54) is 0 Å². The Morgan fingerprint density at radius 3 is 2.10 bits per heavy atom. The lowest BCUT2D eigenvalue weighted by atomic mass is 10.2. The average molecular weight is 279 g/mol. The molecule has 0 spiro atoms. The minimum atomic E-state index is 0.678. The van der Waals surface area contributed by atoms with Crippen molar-refractivity contribution in [3.05, 3.63) is 77.5 Å². The van der Waals surface area contributed by atoms with E-state index >= 15 is 0 Å². The van der Waals surface area contributed by atoms with Crippen LogP contribution < -0.4 is 0 Å². The summed E-state index contributed by atoms with van der Waals surface area (Å²) in [6.45, 7) is 0. The average Bonchev–Trinajstić information content (AvgIpc) is 3.20. The van der Waals surface area contributed by atoms with Crippen molar-refractivity contribution in [1.29, 1.82) is 0 Å². The molecule has 98 valence electrons. The van der Waals surface area contributed by atoms with E-state index in [4.69, 9.17) is 4.42 Å². The van der Waals surface area contributed by atoms with E-state index in [0.717, 1.165) is 16.7 Å². The molecule has 0 saturated carbocycles. The first-order valence-electron chi connectivity index (χ1n) is 6.31. The van der Waals surface area contributed by atoms with Gasteiger partial charge in [0.2, 0.25) is 5.89 Å². The molecule has 0 unspecified atom stereocenters. The fourth-order valence-corrected chi connectivity index (χ4v) is 2.26. The third kappa shape index (κ3) is 2.95. The molecular formula is C17H13NOS. The lowest BCUT2D eigenvalue weighted by molar-refractivity contribution is 0.620. The zero-order valence-electron chi connectivity index (χ0n) is 10.8. The van der Waals surface area contributed by atoms with Gasteiger partial charge in [0.05, 0.1) is 0 Å². The van der Waals surface area contributed by atoms with E-state index in [-0.39, 0.29) is 0 Å². The van der Waals surface area contributed by atoms with Gasteiger partial charge in [-0.05, 0) is 35.0 Å². The first-order chi connectivity index (χ1) is 9.93. The van der Waals surface area contributed by atoms with E-state index in [1.54, 1.807) is 11.3 Å².